The van der Waals surface area contributed by atoms with Crippen LogP contribution in [0.4, 0.5) is 4.39 Å². The van der Waals surface area contributed by atoms with Gasteiger partial charge < -0.3 is 19.4 Å². The SMILES string of the molecule is COc1cc(-c2cc3ncn(C)c3c(OC(C)C3CNC(=O)C3)n2)ccc1F. The second-order valence-corrected chi connectivity index (χ2v) is 6.98. The van der Waals surface area contributed by atoms with Crippen LogP contribution >= 0.6 is 0 Å². The molecule has 3 aromatic rings. The molecule has 4 rings (SSSR count). The van der Waals surface area contributed by atoms with Crippen molar-refractivity contribution in [2.75, 3.05) is 13.7 Å². The number of fused-ring (bicyclic) bond motifs is 1. The van der Waals surface area contributed by atoms with Gasteiger partial charge in [0.25, 0.3) is 0 Å². The summed E-state index contributed by atoms with van der Waals surface area (Å²) >= 11 is 0. The fourth-order valence-electron chi connectivity index (χ4n) is 3.42. The molecule has 0 aliphatic carbocycles. The van der Waals surface area contributed by atoms with Gasteiger partial charge in [0, 0.05) is 31.5 Å². The van der Waals surface area contributed by atoms with Crippen molar-refractivity contribution in [3.8, 4) is 22.9 Å². The van der Waals surface area contributed by atoms with Gasteiger partial charge in [-0.2, -0.15) is 0 Å². The first-order valence-electron chi connectivity index (χ1n) is 9.05. The predicted octanol–water partition coefficient (Wildman–Crippen LogP) is 2.69. The number of nitrogens with one attached hydrogen (secondary N) is 1. The van der Waals surface area contributed by atoms with Crippen molar-refractivity contribution in [1.29, 1.82) is 0 Å². The van der Waals surface area contributed by atoms with E-state index in [4.69, 9.17) is 9.47 Å². The molecule has 1 amide bonds. The zero-order valence-electron chi connectivity index (χ0n) is 15.9. The Morgan fingerprint density at radius 3 is 2.89 bits per heavy atom. The maximum atomic E-state index is 13.8. The van der Waals surface area contributed by atoms with E-state index in [0.717, 1.165) is 11.0 Å². The van der Waals surface area contributed by atoms with E-state index >= 15 is 0 Å². The number of ether oxygens (including phenoxy) is 2. The molecule has 0 radical (unpaired) electrons. The minimum absolute atomic E-state index is 0.0336. The highest BCUT2D eigenvalue weighted by atomic mass is 19.1. The van der Waals surface area contributed by atoms with Crippen LogP contribution in [0.5, 0.6) is 11.6 Å². The molecule has 1 saturated heterocycles. The van der Waals surface area contributed by atoms with Gasteiger partial charge in [-0.1, -0.05) is 0 Å². The Bertz CT molecular complexity index is 1050. The van der Waals surface area contributed by atoms with E-state index in [2.05, 4.69) is 15.3 Å². The molecule has 2 unspecified atom stereocenters. The van der Waals surface area contributed by atoms with Gasteiger partial charge in [-0.25, -0.2) is 14.4 Å². The Hall–Kier alpha value is -3.16. The van der Waals surface area contributed by atoms with E-state index < -0.39 is 5.82 Å². The molecule has 1 N–H and O–H groups in total. The highest BCUT2D eigenvalue weighted by molar-refractivity contribution is 5.84. The summed E-state index contributed by atoms with van der Waals surface area (Å²) in [6.45, 7) is 2.52. The fraction of sp³-hybridized carbons (Fsp3) is 0.350. The number of rotatable bonds is 5. The highest BCUT2D eigenvalue weighted by Gasteiger charge is 2.29. The summed E-state index contributed by atoms with van der Waals surface area (Å²) in [4.78, 5) is 20.6. The van der Waals surface area contributed by atoms with E-state index in [0.29, 0.717) is 30.1 Å². The second-order valence-electron chi connectivity index (χ2n) is 6.98. The summed E-state index contributed by atoms with van der Waals surface area (Å²) in [5.74, 6) is 0.251. The van der Waals surface area contributed by atoms with E-state index in [9.17, 15) is 9.18 Å². The number of pyridine rings is 1. The molecule has 1 aliphatic rings. The molecule has 1 aliphatic heterocycles. The van der Waals surface area contributed by atoms with Crippen molar-refractivity contribution in [3.63, 3.8) is 0 Å². The van der Waals surface area contributed by atoms with Crippen LogP contribution < -0.4 is 14.8 Å². The molecule has 3 heterocycles. The van der Waals surface area contributed by atoms with Crippen molar-refractivity contribution in [1.82, 2.24) is 19.9 Å². The Morgan fingerprint density at radius 2 is 2.18 bits per heavy atom. The first-order chi connectivity index (χ1) is 13.5. The minimum atomic E-state index is -0.436. The first kappa shape index (κ1) is 18.2. The quantitative estimate of drug-likeness (QED) is 0.732. The van der Waals surface area contributed by atoms with Gasteiger partial charge in [-0.05, 0) is 31.2 Å². The lowest BCUT2D eigenvalue weighted by molar-refractivity contribution is -0.119. The highest BCUT2D eigenvalue weighted by Crippen LogP contribution is 2.32. The second kappa shape index (κ2) is 7.10. The number of hydrogen-bond acceptors (Lipinski definition) is 5. The van der Waals surface area contributed by atoms with Gasteiger partial charge in [0.05, 0.1) is 24.6 Å². The zero-order chi connectivity index (χ0) is 19.8. The first-order valence-corrected chi connectivity index (χ1v) is 9.05. The Labute approximate surface area is 161 Å². The lowest BCUT2D eigenvalue weighted by atomic mass is 10.0. The van der Waals surface area contributed by atoms with Gasteiger partial charge in [0.2, 0.25) is 11.8 Å². The topological polar surface area (TPSA) is 78.3 Å². The molecule has 146 valence electrons. The van der Waals surface area contributed by atoms with E-state index in [1.54, 1.807) is 18.5 Å². The van der Waals surface area contributed by atoms with Gasteiger partial charge in [0.1, 0.15) is 11.6 Å². The Morgan fingerprint density at radius 1 is 1.36 bits per heavy atom. The van der Waals surface area contributed by atoms with Crippen LogP contribution in [-0.4, -0.2) is 40.2 Å². The van der Waals surface area contributed by atoms with Gasteiger partial charge >= 0.3 is 0 Å². The molecule has 1 aromatic carbocycles. The maximum absolute atomic E-state index is 13.8. The lowest BCUT2D eigenvalue weighted by Gasteiger charge is -2.20. The molecular formula is C20H21FN4O3. The van der Waals surface area contributed by atoms with Crippen LogP contribution in [0.15, 0.2) is 30.6 Å². The normalized spacial score (nSPS) is 17.6. The van der Waals surface area contributed by atoms with Crippen molar-refractivity contribution in [3.05, 3.63) is 36.4 Å². The summed E-state index contributed by atoms with van der Waals surface area (Å²) in [6.07, 6.45) is 1.92. The number of aromatic nitrogens is 3. The number of nitrogens with zero attached hydrogens (tertiary/aromatic N) is 3. The number of halogens is 1. The summed E-state index contributed by atoms with van der Waals surface area (Å²) in [7, 11) is 3.29. The fourth-order valence-corrected chi connectivity index (χ4v) is 3.42. The predicted molar refractivity (Wildman–Crippen MR) is 102 cm³/mol. The largest absolute Gasteiger partial charge is 0.494 e. The van der Waals surface area contributed by atoms with Crippen molar-refractivity contribution in [2.24, 2.45) is 13.0 Å². The Kier molecular flexibility index (Phi) is 4.62. The Balaban J connectivity index is 1.75. The number of amides is 1. The van der Waals surface area contributed by atoms with Crippen LogP contribution in [0.25, 0.3) is 22.3 Å². The number of carbonyl (C=O) groups excluding carboxylic acids is 1. The molecule has 0 saturated carbocycles. The smallest absolute Gasteiger partial charge is 0.241 e. The van der Waals surface area contributed by atoms with Crippen LogP contribution in [0.2, 0.25) is 0 Å². The number of hydrogen-bond donors (Lipinski definition) is 1. The van der Waals surface area contributed by atoms with Gasteiger partial charge in [-0.15, -0.1) is 0 Å². The molecular weight excluding hydrogens is 363 g/mol. The van der Waals surface area contributed by atoms with Crippen molar-refractivity contribution >= 4 is 16.9 Å². The standard InChI is InChI=1S/C20H21FN4O3/c1-11(13-7-18(26)22-9-13)28-20-19-16(23-10-25(19)2)8-15(24-20)12-4-5-14(21)17(6-12)27-3/h4-6,8,10-11,13H,7,9H2,1-3H3,(H,22,26). The van der Waals surface area contributed by atoms with E-state index in [1.165, 1.54) is 13.2 Å². The van der Waals surface area contributed by atoms with Gasteiger partial charge in [0.15, 0.2) is 11.6 Å². The molecule has 8 heteroatoms. The third-order valence-corrected chi connectivity index (χ3v) is 5.08. The van der Waals surface area contributed by atoms with Crippen LogP contribution in [0, 0.1) is 11.7 Å². The van der Waals surface area contributed by atoms with Crippen LogP contribution in [0.1, 0.15) is 13.3 Å². The summed E-state index contributed by atoms with van der Waals surface area (Å²) in [5, 5.41) is 2.83. The van der Waals surface area contributed by atoms with Gasteiger partial charge in [-0.3, -0.25) is 4.79 Å². The number of carbonyl (C=O) groups is 1. The molecule has 2 aromatic heterocycles. The third-order valence-electron chi connectivity index (χ3n) is 5.08. The summed E-state index contributed by atoms with van der Waals surface area (Å²) in [6, 6.07) is 6.42. The molecule has 7 nitrogen and oxygen atoms in total. The molecule has 0 spiro atoms. The number of methoxy groups -OCH3 is 1. The van der Waals surface area contributed by atoms with Crippen LogP contribution in [0.3, 0.4) is 0 Å². The van der Waals surface area contributed by atoms with Crippen molar-refractivity contribution in [2.45, 2.75) is 19.4 Å². The molecule has 2 atom stereocenters. The number of benzene rings is 1. The average molecular weight is 384 g/mol. The number of imidazole rings is 1. The van der Waals surface area contributed by atoms with Crippen LogP contribution in [-0.2, 0) is 11.8 Å². The maximum Gasteiger partial charge on any atom is 0.241 e. The minimum Gasteiger partial charge on any atom is -0.494 e. The summed E-state index contributed by atoms with van der Waals surface area (Å²) in [5.41, 5.74) is 2.79. The summed E-state index contributed by atoms with van der Waals surface area (Å²) < 4.78 is 26.9. The molecule has 28 heavy (non-hydrogen) atoms. The zero-order valence-corrected chi connectivity index (χ0v) is 15.9. The van der Waals surface area contributed by atoms with E-state index in [-0.39, 0.29) is 23.7 Å². The third kappa shape index (κ3) is 3.26. The van der Waals surface area contributed by atoms with Crippen molar-refractivity contribution < 1.29 is 18.7 Å². The monoisotopic (exact) mass is 384 g/mol. The number of aryl methyl sites for hydroxylation is 1. The molecule has 0 bridgehead atoms. The lowest BCUT2D eigenvalue weighted by Crippen LogP contribution is -2.26. The van der Waals surface area contributed by atoms with E-state index in [1.807, 2.05) is 24.6 Å². The average Bonchev–Trinajstić information content (AvgIpc) is 3.28. The molecule has 1 fully saturated rings.